The summed E-state index contributed by atoms with van der Waals surface area (Å²) in [6.07, 6.45) is 0.396. The summed E-state index contributed by atoms with van der Waals surface area (Å²) in [6, 6.07) is 6.11. The van der Waals surface area contributed by atoms with Crippen molar-refractivity contribution in [2.45, 2.75) is 32.9 Å². The van der Waals surface area contributed by atoms with Crippen molar-refractivity contribution in [1.82, 2.24) is 5.32 Å². The van der Waals surface area contributed by atoms with Crippen molar-refractivity contribution in [2.75, 3.05) is 13.3 Å². The highest BCUT2D eigenvalue weighted by Gasteiger charge is 2.03. The number of benzene rings is 1. The number of alkyl halides is 1. The van der Waals surface area contributed by atoms with Gasteiger partial charge < -0.3 is 10.1 Å². The lowest BCUT2D eigenvalue weighted by molar-refractivity contribution is 0.290. The van der Waals surface area contributed by atoms with E-state index in [1.807, 2.05) is 18.2 Å². The van der Waals surface area contributed by atoms with Gasteiger partial charge in [0.1, 0.15) is 5.75 Å². The topological polar surface area (TPSA) is 21.3 Å². The molecule has 96 valence electrons. The Bertz CT molecular complexity index is 344. The Hall–Kier alpha value is -0.800. The number of hydrogen-bond acceptors (Lipinski definition) is 2. The molecule has 0 atom stereocenters. The van der Waals surface area contributed by atoms with Crippen molar-refractivity contribution in [3.8, 4) is 5.75 Å². The first-order valence-electron chi connectivity index (χ1n) is 5.84. The molecule has 1 aromatic carbocycles. The molecule has 1 rings (SSSR count). The smallest absolute Gasteiger partial charge is 0.137 e. The fourth-order valence-corrected chi connectivity index (χ4v) is 1.59. The molecule has 0 saturated heterocycles. The summed E-state index contributed by atoms with van der Waals surface area (Å²) in [6.45, 7) is 4.96. The molecule has 2 nitrogen and oxygen atoms in total. The van der Waals surface area contributed by atoms with Gasteiger partial charge in [-0.2, -0.15) is 0 Å². The van der Waals surface area contributed by atoms with Crippen molar-refractivity contribution in [2.24, 2.45) is 0 Å². The van der Waals surface area contributed by atoms with E-state index < -0.39 is 0 Å². The van der Waals surface area contributed by atoms with Crippen LogP contribution in [-0.4, -0.2) is 19.3 Å². The molecule has 4 heteroatoms. The first kappa shape index (κ1) is 14.3. The number of ether oxygens (including phenoxy) is 1. The molecule has 1 aromatic rings. The largest absolute Gasteiger partial charge is 0.492 e. The van der Waals surface area contributed by atoms with E-state index in [1.165, 1.54) is 0 Å². The van der Waals surface area contributed by atoms with Gasteiger partial charge in [-0.15, -0.1) is 0 Å². The number of nitrogens with one attached hydrogen (secondary N) is 1. The third-order valence-corrected chi connectivity index (χ3v) is 2.54. The van der Waals surface area contributed by atoms with Crippen LogP contribution in [0.4, 0.5) is 4.39 Å². The lowest BCUT2D eigenvalue weighted by Gasteiger charge is -2.11. The number of halogens is 2. The molecular weight excluding hydrogens is 241 g/mol. The van der Waals surface area contributed by atoms with Gasteiger partial charge in [-0.05, 0) is 17.7 Å². The van der Waals surface area contributed by atoms with Gasteiger partial charge in [0.15, 0.2) is 0 Å². The Morgan fingerprint density at radius 3 is 2.76 bits per heavy atom. The standard InChI is InChI=1S/C13H19ClFNO/c1-10(2)16-9-11-4-5-13(12(14)8-11)17-7-3-6-15/h4-5,8,10,16H,3,6-7,9H2,1-2H3. The highest BCUT2D eigenvalue weighted by molar-refractivity contribution is 6.32. The van der Waals surface area contributed by atoms with E-state index in [4.69, 9.17) is 16.3 Å². The predicted octanol–water partition coefficient (Wildman–Crippen LogP) is 3.58. The molecule has 0 aliphatic heterocycles. The van der Waals surface area contributed by atoms with E-state index in [0.717, 1.165) is 12.1 Å². The van der Waals surface area contributed by atoms with Gasteiger partial charge in [-0.25, -0.2) is 0 Å². The molecule has 0 heterocycles. The normalized spacial score (nSPS) is 10.9. The van der Waals surface area contributed by atoms with Crippen LogP contribution in [0, 0.1) is 0 Å². The van der Waals surface area contributed by atoms with Crippen LogP contribution < -0.4 is 10.1 Å². The second-order valence-corrected chi connectivity index (χ2v) is 4.60. The average Bonchev–Trinajstić information content (AvgIpc) is 2.29. The van der Waals surface area contributed by atoms with Crippen molar-refractivity contribution in [3.05, 3.63) is 28.8 Å². The summed E-state index contributed by atoms with van der Waals surface area (Å²) in [5.41, 5.74) is 1.11. The van der Waals surface area contributed by atoms with Crippen molar-refractivity contribution >= 4 is 11.6 Å². The third kappa shape index (κ3) is 5.37. The van der Waals surface area contributed by atoms with Gasteiger partial charge in [-0.1, -0.05) is 31.5 Å². The Morgan fingerprint density at radius 2 is 2.18 bits per heavy atom. The van der Waals surface area contributed by atoms with Crippen LogP contribution >= 0.6 is 11.6 Å². The molecule has 17 heavy (non-hydrogen) atoms. The van der Waals surface area contributed by atoms with E-state index in [1.54, 1.807) is 0 Å². The summed E-state index contributed by atoms with van der Waals surface area (Å²) in [4.78, 5) is 0. The van der Waals surface area contributed by atoms with Crippen LogP contribution in [0.15, 0.2) is 18.2 Å². The zero-order valence-corrected chi connectivity index (χ0v) is 11.1. The van der Waals surface area contributed by atoms with E-state index in [2.05, 4.69) is 19.2 Å². The lowest BCUT2D eigenvalue weighted by atomic mass is 10.2. The van der Waals surface area contributed by atoms with Gasteiger partial charge in [-0.3, -0.25) is 4.39 Å². The maximum Gasteiger partial charge on any atom is 0.137 e. The van der Waals surface area contributed by atoms with Crippen LogP contribution in [0.25, 0.3) is 0 Å². The maximum atomic E-state index is 11.9. The quantitative estimate of drug-likeness (QED) is 0.756. The molecule has 0 spiro atoms. The molecule has 0 saturated carbocycles. The minimum Gasteiger partial charge on any atom is -0.492 e. The van der Waals surface area contributed by atoms with Gasteiger partial charge in [0, 0.05) is 19.0 Å². The first-order chi connectivity index (χ1) is 8.13. The van der Waals surface area contributed by atoms with Crippen molar-refractivity contribution < 1.29 is 9.13 Å². The highest BCUT2D eigenvalue weighted by Crippen LogP contribution is 2.25. The Kier molecular flexibility index (Phi) is 6.30. The third-order valence-electron chi connectivity index (χ3n) is 2.25. The Labute approximate surface area is 107 Å². The van der Waals surface area contributed by atoms with Crippen LogP contribution in [0.2, 0.25) is 5.02 Å². The SMILES string of the molecule is CC(C)NCc1ccc(OCCCF)c(Cl)c1. The van der Waals surface area contributed by atoms with Crippen LogP contribution in [0.1, 0.15) is 25.8 Å². The van der Waals surface area contributed by atoms with Crippen LogP contribution in [-0.2, 0) is 6.54 Å². The zero-order valence-electron chi connectivity index (χ0n) is 10.3. The van der Waals surface area contributed by atoms with Crippen LogP contribution in [0.3, 0.4) is 0 Å². The molecule has 0 aromatic heterocycles. The van der Waals surface area contributed by atoms with Gasteiger partial charge in [0.05, 0.1) is 18.3 Å². The summed E-state index contributed by atoms with van der Waals surface area (Å²) >= 11 is 6.08. The van der Waals surface area contributed by atoms with E-state index in [0.29, 0.717) is 29.8 Å². The fourth-order valence-electron chi connectivity index (χ4n) is 1.33. The molecular formula is C13H19ClFNO. The second kappa shape index (κ2) is 7.51. The number of rotatable bonds is 7. The van der Waals surface area contributed by atoms with Gasteiger partial charge in [0.25, 0.3) is 0 Å². The van der Waals surface area contributed by atoms with Crippen molar-refractivity contribution in [3.63, 3.8) is 0 Å². The summed E-state index contributed by atoms with van der Waals surface area (Å²) < 4.78 is 17.3. The van der Waals surface area contributed by atoms with E-state index in [9.17, 15) is 4.39 Å². The Morgan fingerprint density at radius 1 is 1.41 bits per heavy atom. The van der Waals surface area contributed by atoms with Gasteiger partial charge >= 0.3 is 0 Å². The summed E-state index contributed by atoms with van der Waals surface area (Å²) in [5.74, 6) is 0.619. The van der Waals surface area contributed by atoms with Crippen molar-refractivity contribution in [1.29, 1.82) is 0 Å². The molecule has 0 aliphatic rings. The van der Waals surface area contributed by atoms with Crippen LogP contribution in [0.5, 0.6) is 5.75 Å². The second-order valence-electron chi connectivity index (χ2n) is 4.19. The molecule has 0 radical (unpaired) electrons. The molecule has 0 amide bonds. The lowest BCUT2D eigenvalue weighted by Crippen LogP contribution is -2.21. The molecule has 0 fully saturated rings. The molecule has 0 unspecified atom stereocenters. The predicted molar refractivity (Wildman–Crippen MR) is 69.5 cm³/mol. The minimum absolute atomic E-state index is 0.361. The maximum absolute atomic E-state index is 11.9. The molecule has 1 N–H and O–H groups in total. The minimum atomic E-state index is -0.367. The molecule has 0 aliphatic carbocycles. The highest BCUT2D eigenvalue weighted by atomic mass is 35.5. The summed E-state index contributed by atoms with van der Waals surface area (Å²) in [7, 11) is 0. The van der Waals surface area contributed by atoms with E-state index >= 15 is 0 Å². The van der Waals surface area contributed by atoms with Gasteiger partial charge in [0.2, 0.25) is 0 Å². The monoisotopic (exact) mass is 259 g/mol. The van der Waals surface area contributed by atoms with E-state index in [-0.39, 0.29) is 6.67 Å². The average molecular weight is 260 g/mol. The zero-order chi connectivity index (χ0) is 12.7. The number of hydrogen-bond donors (Lipinski definition) is 1. The summed E-state index contributed by atoms with van der Waals surface area (Å²) in [5, 5.41) is 3.89. The first-order valence-corrected chi connectivity index (χ1v) is 6.22. The fraction of sp³-hybridized carbons (Fsp3) is 0.538. The Balaban J connectivity index is 2.53. The molecule has 0 bridgehead atoms.